The first kappa shape index (κ1) is 21.2. The molecule has 0 unspecified atom stereocenters. The van der Waals surface area contributed by atoms with Crippen LogP contribution in [0.15, 0.2) is 92.7 Å². The number of anilines is 1. The van der Waals surface area contributed by atoms with Gasteiger partial charge in [0.1, 0.15) is 16.4 Å². The van der Waals surface area contributed by atoms with Crippen molar-refractivity contribution in [1.82, 2.24) is 9.55 Å². The number of carbonyl (C=O) groups is 1. The Labute approximate surface area is 195 Å². The lowest BCUT2D eigenvalue weighted by Crippen LogP contribution is -2.22. The molecule has 2 aromatic carbocycles. The summed E-state index contributed by atoms with van der Waals surface area (Å²) in [6.07, 6.45) is 1.56. The third-order valence-electron chi connectivity index (χ3n) is 4.84. The van der Waals surface area contributed by atoms with Crippen LogP contribution in [0.2, 0.25) is 0 Å². The van der Waals surface area contributed by atoms with E-state index in [2.05, 4.69) is 5.32 Å². The van der Waals surface area contributed by atoms with Gasteiger partial charge < -0.3 is 9.73 Å². The Morgan fingerprint density at radius 2 is 1.88 bits per heavy atom. The molecule has 5 aromatic rings. The van der Waals surface area contributed by atoms with Gasteiger partial charge in [-0.3, -0.25) is 14.2 Å². The van der Waals surface area contributed by atoms with E-state index in [9.17, 15) is 14.0 Å². The second-order valence-electron chi connectivity index (χ2n) is 7.02. The quantitative estimate of drug-likeness (QED) is 0.255. The van der Waals surface area contributed by atoms with Gasteiger partial charge in [0.05, 0.1) is 23.1 Å². The monoisotopic (exact) mass is 477 g/mol. The van der Waals surface area contributed by atoms with E-state index in [0.717, 1.165) is 11.8 Å². The molecule has 0 spiro atoms. The van der Waals surface area contributed by atoms with Crippen molar-refractivity contribution in [3.63, 3.8) is 0 Å². The molecular weight excluding hydrogens is 461 g/mol. The van der Waals surface area contributed by atoms with Crippen LogP contribution >= 0.6 is 23.1 Å². The molecule has 33 heavy (non-hydrogen) atoms. The molecule has 0 atom stereocenters. The summed E-state index contributed by atoms with van der Waals surface area (Å²) >= 11 is 2.51. The zero-order valence-electron chi connectivity index (χ0n) is 17.0. The van der Waals surface area contributed by atoms with E-state index in [0.29, 0.717) is 38.1 Å². The molecule has 0 aliphatic carbocycles. The molecule has 3 heterocycles. The second kappa shape index (κ2) is 9.05. The van der Waals surface area contributed by atoms with Crippen LogP contribution in [0.1, 0.15) is 0 Å². The van der Waals surface area contributed by atoms with Crippen molar-refractivity contribution in [1.29, 1.82) is 0 Å². The number of nitrogens with one attached hydrogen (secondary N) is 1. The van der Waals surface area contributed by atoms with Crippen LogP contribution in [-0.2, 0) is 4.79 Å². The van der Waals surface area contributed by atoms with Crippen molar-refractivity contribution in [2.24, 2.45) is 0 Å². The number of furan rings is 1. The highest BCUT2D eigenvalue weighted by Crippen LogP contribution is 2.33. The average molecular weight is 478 g/mol. The number of amides is 1. The molecule has 0 aliphatic heterocycles. The van der Waals surface area contributed by atoms with Crippen molar-refractivity contribution in [2.75, 3.05) is 11.1 Å². The number of carbonyl (C=O) groups excluding carboxylic acids is 1. The van der Waals surface area contributed by atoms with Gasteiger partial charge in [0.25, 0.3) is 5.56 Å². The molecule has 0 aliphatic rings. The lowest BCUT2D eigenvalue weighted by Gasteiger charge is -2.12. The zero-order valence-corrected chi connectivity index (χ0v) is 18.7. The summed E-state index contributed by atoms with van der Waals surface area (Å²) in [5.41, 5.74) is 1.59. The number of benzene rings is 2. The summed E-state index contributed by atoms with van der Waals surface area (Å²) in [5, 5.41) is 5.45. The molecular formula is C24H16FN3O3S2. The van der Waals surface area contributed by atoms with E-state index < -0.39 is 0 Å². The zero-order chi connectivity index (χ0) is 22.8. The SMILES string of the molecule is O=C(CSc1nc2scc(-c3ccco3)c2c(=O)n1-c1ccccc1)Nc1ccc(F)cc1. The molecule has 1 N–H and O–H groups in total. The Morgan fingerprint density at radius 1 is 1.09 bits per heavy atom. The summed E-state index contributed by atoms with van der Waals surface area (Å²) in [5.74, 6) is -0.0445. The van der Waals surface area contributed by atoms with E-state index in [1.54, 1.807) is 18.4 Å². The average Bonchev–Trinajstić information content (AvgIpc) is 3.50. The first-order valence-electron chi connectivity index (χ1n) is 9.92. The standard InChI is InChI=1S/C24H16FN3O3S2/c25-15-8-10-16(11-9-15)26-20(29)14-33-24-27-22-21(18(13-32-22)19-7-4-12-31-19)23(30)28(24)17-5-2-1-3-6-17/h1-13H,14H2,(H,26,29). The minimum atomic E-state index is -0.378. The van der Waals surface area contributed by atoms with Crippen LogP contribution < -0.4 is 10.9 Å². The minimum absolute atomic E-state index is 0.0264. The number of hydrogen-bond acceptors (Lipinski definition) is 6. The predicted molar refractivity (Wildman–Crippen MR) is 129 cm³/mol. The molecule has 0 bridgehead atoms. The third kappa shape index (κ3) is 4.33. The highest BCUT2D eigenvalue weighted by atomic mass is 32.2. The summed E-state index contributed by atoms with van der Waals surface area (Å²) < 4.78 is 20.1. The van der Waals surface area contributed by atoms with Crippen molar-refractivity contribution in [3.05, 3.63) is 94.5 Å². The fourth-order valence-electron chi connectivity index (χ4n) is 3.35. The maximum absolute atomic E-state index is 13.6. The van der Waals surface area contributed by atoms with Gasteiger partial charge in [0.15, 0.2) is 5.16 Å². The molecule has 0 fully saturated rings. The van der Waals surface area contributed by atoms with E-state index >= 15 is 0 Å². The van der Waals surface area contributed by atoms with E-state index in [-0.39, 0.29) is 23.0 Å². The van der Waals surface area contributed by atoms with Gasteiger partial charge >= 0.3 is 0 Å². The van der Waals surface area contributed by atoms with E-state index in [1.165, 1.54) is 40.2 Å². The highest BCUT2D eigenvalue weighted by Gasteiger charge is 2.20. The van der Waals surface area contributed by atoms with E-state index in [4.69, 9.17) is 9.40 Å². The molecule has 5 rings (SSSR count). The van der Waals surface area contributed by atoms with Crippen molar-refractivity contribution >= 4 is 44.9 Å². The summed E-state index contributed by atoms with van der Waals surface area (Å²) in [7, 11) is 0. The molecule has 0 saturated carbocycles. The number of nitrogens with zero attached hydrogens (tertiary/aromatic N) is 2. The second-order valence-corrected chi connectivity index (χ2v) is 8.82. The highest BCUT2D eigenvalue weighted by molar-refractivity contribution is 7.99. The molecule has 9 heteroatoms. The number of thioether (sulfide) groups is 1. The van der Waals surface area contributed by atoms with Gasteiger partial charge in [-0.2, -0.15) is 0 Å². The fraction of sp³-hybridized carbons (Fsp3) is 0.0417. The van der Waals surface area contributed by atoms with Gasteiger partial charge in [-0.15, -0.1) is 11.3 Å². The Balaban J connectivity index is 1.52. The Kier molecular flexibility index (Phi) is 5.80. The number of hydrogen-bond donors (Lipinski definition) is 1. The Bertz CT molecular complexity index is 1480. The maximum Gasteiger partial charge on any atom is 0.268 e. The van der Waals surface area contributed by atoms with Crippen molar-refractivity contribution < 1.29 is 13.6 Å². The number of aromatic nitrogens is 2. The predicted octanol–water partition coefficient (Wildman–Crippen LogP) is 5.58. The van der Waals surface area contributed by atoms with Gasteiger partial charge in [-0.25, -0.2) is 9.37 Å². The third-order valence-corrected chi connectivity index (χ3v) is 6.65. The topological polar surface area (TPSA) is 77.1 Å². The number of para-hydroxylation sites is 1. The molecule has 0 radical (unpaired) electrons. The smallest absolute Gasteiger partial charge is 0.268 e. The summed E-state index contributed by atoms with van der Waals surface area (Å²) in [6, 6.07) is 18.3. The molecule has 164 valence electrons. The minimum Gasteiger partial charge on any atom is -0.464 e. The number of halogens is 1. The van der Waals surface area contributed by atoms with Crippen LogP contribution in [0.3, 0.4) is 0 Å². The van der Waals surface area contributed by atoms with Gasteiger partial charge in [0.2, 0.25) is 5.91 Å². The lowest BCUT2D eigenvalue weighted by atomic mass is 10.2. The summed E-state index contributed by atoms with van der Waals surface area (Å²) in [6.45, 7) is 0. The van der Waals surface area contributed by atoms with Crippen LogP contribution in [0.5, 0.6) is 0 Å². The number of fused-ring (bicyclic) bond motifs is 1. The van der Waals surface area contributed by atoms with Crippen molar-refractivity contribution in [2.45, 2.75) is 5.16 Å². The van der Waals surface area contributed by atoms with Crippen LogP contribution in [-0.4, -0.2) is 21.2 Å². The van der Waals surface area contributed by atoms with Crippen LogP contribution in [0, 0.1) is 5.82 Å². The van der Waals surface area contributed by atoms with Gasteiger partial charge in [0, 0.05) is 16.6 Å². The van der Waals surface area contributed by atoms with E-state index in [1.807, 2.05) is 35.7 Å². The van der Waals surface area contributed by atoms with Gasteiger partial charge in [-0.05, 0) is 48.5 Å². The first-order chi connectivity index (χ1) is 16.1. The summed E-state index contributed by atoms with van der Waals surface area (Å²) in [4.78, 5) is 31.4. The Morgan fingerprint density at radius 3 is 2.61 bits per heavy atom. The number of rotatable bonds is 6. The molecule has 0 saturated heterocycles. The van der Waals surface area contributed by atoms with Crippen LogP contribution in [0.25, 0.3) is 27.2 Å². The Hall–Kier alpha value is -3.69. The van der Waals surface area contributed by atoms with Gasteiger partial charge in [-0.1, -0.05) is 30.0 Å². The largest absolute Gasteiger partial charge is 0.464 e. The molecule has 3 aromatic heterocycles. The maximum atomic E-state index is 13.6. The lowest BCUT2D eigenvalue weighted by molar-refractivity contribution is -0.113. The van der Waals surface area contributed by atoms with Crippen LogP contribution in [0.4, 0.5) is 10.1 Å². The molecule has 6 nitrogen and oxygen atoms in total. The fourth-order valence-corrected chi connectivity index (χ4v) is 5.13. The first-order valence-corrected chi connectivity index (χ1v) is 11.8. The number of thiophene rings is 1. The molecule has 1 amide bonds. The normalized spacial score (nSPS) is 11.1. The van der Waals surface area contributed by atoms with Crippen molar-refractivity contribution in [3.8, 4) is 17.0 Å².